The Bertz CT molecular complexity index is 238. The van der Waals surface area contributed by atoms with Gasteiger partial charge in [-0.15, -0.1) is 0 Å². The molecule has 0 aliphatic heterocycles. The lowest BCUT2D eigenvalue weighted by Crippen LogP contribution is -2.39. The maximum Gasteiger partial charge on any atom is 0.211 e. The summed E-state index contributed by atoms with van der Waals surface area (Å²) in [5.41, 5.74) is 0. The van der Waals surface area contributed by atoms with E-state index in [9.17, 15) is 8.42 Å². The van der Waals surface area contributed by atoms with Gasteiger partial charge in [-0.2, -0.15) is 0 Å². The number of unbranched alkanes of at least 4 members (excludes halogenated alkanes) is 1. The van der Waals surface area contributed by atoms with Crippen LogP contribution in [0.15, 0.2) is 0 Å². The fourth-order valence-electron chi connectivity index (χ4n) is 0.951. The third-order valence-electron chi connectivity index (χ3n) is 2.27. The van der Waals surface area contributed by atoms with Crippen molar-refractivity contribution in [2.24, 2.45) is 5.92 Å². The number of rotatable bonds is 7. The number of aliphatic hydroxyl groups excluding tert-OH is 1. The van der Waals surface area contributed by atoms with Crippen molar-refractivity contribution in [3.8, 4) is 0 Å². The van der Waals surface area contributed by atoms with E-state index in [-0.39, 0.29) is 24.3 Å². The van der Waals surface area contributed by atoms with Crippen molar-refractivity contribution in [1.82, 2.24) is 4.72 Å². The lowest BCUT2D eigenvalue weighted by molar-refractivity contribution is 0.216. The van der Waals surface area contributed by atoms with Crippen LogP contribution in [0, 0.1) is 5.92 Å². The van der Waals surface area contributed by atoms with Gasteiger partial charge in [0.05, 0.1) is 5.75 Å². The van der Waals surface area contributed by atoms with Crippen LogP contribution in [0.3, 0.4) is 0 Å². The topological polar surface area (TPSA) is 66.4 Å². The molecule has 0 aromatic heterocycles. The van der Waals surface area contributed by atoms with Crippen molar-refractivity contribution in [2.75, 3.05) is 12.4 Å². The van der Waals surface area contributed by atoms with Crippen LogP contribution in [0.5, 0.6) is 0 Å². The fourth-order valence-corrected chi connectivity index (χ4v) is 2.54. The number of hydrogen-bond acceptors (Lipinski definition) is 3. The molecule has 0 rings (SSSR count). The third kappa shape index (κ3) is 5.57. The molecule has 0 aliphatic rings. The molecule has 4 nitrogen and oxygen atoms in total. The van der Waals surface area contributed by atoms with Gasteiger partial charge in [-0.3, -0.25) is 0 Å². The molecule has 2 N–H and O–H groups in total. The second-order valence-corrected chi connectivity index (χ2v) is 5.61. The van der Waals surface area contributed by atoms with Gasteiger partial charge < -0.3 is 5.11 Å². The van der Waals surface area contributed by atoms with Gasteiger partial charge in [0.25, 0.3) is 0 Å². The molecule has 0 amide bonds. The Hall–Kier alpha value is -0.130. The van der Waals surface area contributed by atoms with E-state index in [1.807, 2.05) is 13.8 Å². The molecule has 2 atom stereocenters. The molecule has 86 valence electrons. The molecule has 0 saturated heterocycles. The van der Waals surface area contributed by atoms with Crippen LogP contribution < -0.4 is 4.72 Å². The zero-order chi connectivity index (χ0) is 11.2. The van der Waals surface area contributed by atoms with E-state index < -0.39 is 10.0 Å². The van der Waals surface area contributed by atoms with E-state index in [1.54, 1.807) is 6.92 Å². The van der Waals surface area contributed by atoms with Gasteiger partial charge in [0.2, 0.25) is 10.0 Å². The van der Waals surface area contributed by atoms with E-state index in [2.05, 4.69) is 4.72 Å². The minimum Gasteiger partial charge on any atom is -0.396 e. The van der Waals surface area contributed by atoms with Crippen LogP contribution in [0.2, 0.25) is 0 Å². The van der Waals surface area contributed by atoms with E-state index in [1.165, 1.54) is 0 Å². The predicted molar refractivity (Wildman–Crippen MR) is 57.5 cm³/mol. The van der Waals surface area contributed by atoms with Crippen molar-refractivity contribution in [1.29, 1.82) is 0 Å². The summed E-state index contributed by atoms with van der Waals surface area (Å²) in [7, 11) is -3.16. The van der Waals surface area contributed by atoms with E-state index in [4.69, 9.17) is 5.11 Å². The normalized spacial score (nSPS) is 16.6. The monoisotopic (exact) mass is 223 g/mol. The van der Waals surface area contributed by atoms with Gasteiger partial charge in [0.1, 0.15) is 0 Å². The highest BCUT2D eigenvalue weighted by molar-refractivity contribution is 7.89. The third-order valence-corrected chi connectivity index (χ3v) is 3.83. The highest BCUT2D eigenvalue weighted by Gasteiger charge is 2.17. The Balaban J connectivity index is 4.08. The number of aliphatic hydroxyl groups is 1. The van der Waals surface area contributed by atoms with Crippen LogP contribution in [-0.4, -0.2) is 31.9 Å². The van der Waals surface area contributed by atoms with Gasteiger partial charge in [-0.05, 0) is 19.3 Å². The van der Waals surface area contributed by atoms with E-state index in [0.717, 1.165) is 6.42 Å². The lowest BCUT2D eigenvalue weighted by atomic mass is 10.1. The van der Waals surface area contributed by atoms with Crippen LogP contribution in [-0.2, 0) is 10.0 Å². The van der Waals surface area contributed by atoms with Crippen LogP contribution in [0.1, 0.15) is 33.6 Å². The maximum atomic E-state index is 11.4. The zero-order valence-corrected chi connectivity index (χ0v) is 9.97. The molecule has 0 aromatic carbocycles. The smallest absolute Gasteiger partial charge is 0.211 e. The first-order valence-electron chi connectivity index (χ1n) is 5.03. The van der Waals surface area contributed by atoms with E-state index in [0.29, 0.717) is 6.42 Å². The lowest BCUT2D eigenvalue weighted by Gasteiger charge is -2.18. The summed E-state index contributed by atoms with van der Waals surface area (Å²) in [5, 5.41) is 8.84. The van der Waals surface area contributed by atoms with Gasteiger partial charge >= 0.3 is 0 Å². The summed E-state index contributed by atoms with van der Waals surface area (Å²) in [5.74, 6) is 0.123. The molecule has 0 spiro atoms. The van der Waals surface area contributed by atoms with E-state index >= 15 is 0 Å². The Morgan fingerprint density at radius 3 is 2.36 bits per heavy atom. The summed E-state index contributed by atoms with van der Waals surface area (Å²) in [6.45, 7) is 5.53. The first-order valence-corrected chi connectivity index (χ1v) is 6.69. The number of nitrogens with one attached hydrogen (secondary N) is 1. The average Bonchev–Trinajstić information content (AvgIpc) is 2.12. The molecule has 0 bridgehead atoms. The second kappa shape index (κ2) is 6.37. The van der Waals surface area contributed by atoms with Crippen LogP contribution in [0.25, 0.3) is 0 Å². The van der Waals surface area contributed by atoms with Crippen molar-refractivity contribution in [2.45, 2.75) is 39.7 Å². The molecular formula is C9H21NO3S. The number of sulfonamides is 1. The largest absolute Gasteiger partial charge is 0.396 e. The summed E-state index contributed by atoms with van der Waals surface area (Å²) in [6, 6.07) is -0.207. The van der Waals surface area contributed by atoms with Gasteiger partial charge in [0, 0.05) is 12.6 Å². The standard InChI is InChI=1S/C9H21NO3S/c1-4-5-6-14(12,13)10-9(3)8(2)7-11/h8-11H,4-7H2,1-3H3. The Morgan fingerprint density at radius 1 is 1.36 bits per heavy atom. The Labute approximate surface area is 86.8 Å². The molecule has 14 heavy (non-hydrogen) atoms. The summed E-state index contributed by atoms with van der Waals surface area (Å²) in [4.78, 5) is 0. The molecule has 0 saturated carbocycles. The Morgan fingerprint density at radius 2 is 1.93 bits per heavy atom. The quantitative estimate of drug-likeness (QED) is 0.668. The molecule has 0 radical (unpaired) electrons. The van der Waals surface area contributed by atoms with Crippen LogP contribution in [0.4, 0.5) is 0 Å². The van der Waals surface area contributed by atoms with Gasteiger partial charge in [-0.25, -0.2) is 13.1 Å². The minimum absolute atomic E-state index is 0.00252. The SMILES string of the molecule is CCCCS(=O)(=O)NC(C)C(C)CO. The molecule has 2 unspecified atom stereocenters. The highest BCUT2D eigenvalue weighted by atomic mass is 32.2. The fraction of sp³-hybridized carbons (Fsp3) is 1.00. The Kier molecular flexibility index (Phi) is 6.31. The van der Waals surface area contributed by atoms with Crippen molar-refractivity contribution in [3.63, 3.8) is 0 Å². The van der Waals surface area contributed by atoms with Crippen molar-refractivity contribution < 1.29 is 13.5 Å². The van der Waals surface area contributed by atoms with Crippen molar-refractivity contribution in [3.05, 3.63) is 0 Å². The number of hydrogen-bond donors (Lipinski definition) is 2. The molecule has 0 aliphatic carbocycles. The predicted octanol–water partition coefficient (Wildman–Crippen LogP) is 0.723. The second-order valence-electron chi connectivity index (χ2n) is 3.74. The maximum absolute atomic E-state index is 11.4. The minimum atomic E-state index is -3.16. The average molecular weight is 223 g/mol. The summed E-state index contributed by atoms with van der Waals surface area (Å²) in [6.07, 6.45) is 1.54. The first kappa shape index (κ1) is 13.9. The van der Waals surface area contributed by atoms with Gasteiger partial charge in [0.15, 0.2) is 0 Å². The molecule has 0 aromatic rings. The first-order chi connectivity index (χ1) is 6.43. The summed E-state index contributed by atoms with van der Waals surface area (Å²) < 4.78 is 25.4. The molecule has 5 heteroatoms. The van der Waals surface area contributed by atoms with Crippen molar-refractivity contribution >= 4 is 10.0 Å². The van der Waals surface area contributed by atoms with Gasteiger partial charge in [-0.1, -0.05) is 20.3 Å². The molecule has 0 heterocycles. The van der Waals surface area contributed by atoms with Crippen LogP contribution >= 0.6 is 0 Å². The molecule has 0 fully saturated rings. The molecular weight excluding hydrogens is 202 g/mol. The summed E-state index contributed by atoms with van der Waals surface area (Å²) >= 11 is 0. The zero-order valence-electron chi connectivity index (χ0n) is 9.16. The highest BCUT2D eigenvalue weighted by Crippen LogP contribution is 2.03.